The van der Waals surface area contributed by atoms with Crippen molar-refractivity contribution in [3.63, 3.8) is 0 Å². The Balaban J connectivity index is 2.07. The molecule has 0 radical (unpaired) electrons. The molecule has 0 saturated carbocycles. The zero-order chi connectivity index (χ0) is 17.3. The third-order valence-electron chi connectivity index (χ3n) is 3.96. The standard InChI is InChI=1S/C19H18BrNO3/c1-4-24-16-8-5-12(10-17(16)23-3)9-13-18-11(2)14(20)6-7-15(18)21-19(13)22/h5-10H,4H2,1-3H3,(H,21,22). The summed E-state index contributed by atoms with van der Waals surface area (Å²) >= 11 is 3.53. The third-order valence-corrected chi connectivity index (χ3v) is 4.82. The van der Waals surface area contributed by atoms with Gasteiger partial charge in [-0.25, -0.2) is 0 Å². The first-order chi connectivity index (χ1) is 11.5. The number of nitrogens with one attached hydrogen (secondary N) is 1. The molecule has 0 aliphatic carbocycles. The summed E-state index contributed by atoms with van der Waals surface area (Å²) in [6.45, 7) is 4.49. The normalized spacial score (nSPS) is 14.5. The molecule has 1 N–H and O–H groups in total. The molecule has 0 bridgehead atoms. The number of hydrogen-bond acceptors (Lipinski definition) is 3. The van der Waals surface area contributed by atoms with E-state index >= 15 is 0 Å². The number of amides is 1. The van der Waals surface area contributed by atoms with Crippen molar-refractivity contribution in [1.29, 1.82) is 0 Å². The van der Waals surface area contributed by atoms with Crippen LogP contribution >= 0.6 is 15.9 Å². The Hall–Kier alpha value is -2.27. The Morgan fingerprint density at radius 2 is 2.00 bits per heavy atom. The van der Waals surface area contributed by atoms with Gasteiger partial charge in [0.2, 0.25) is 0 Å². The largest absolute Gasteiger partial charge is 0.493 e. The topological polar surface area (TPSA) is 47.6 Å². The van der Waals surface area contributed by atoms with E-state index in [-0.39, 0.29) is 5.91 Å². The van der Waals surface area contributed by atoms with Crippen LogP contribution in [-0.4, -0.2) is 19.6 Å². The van der Waals surface area contributed by atoms with Crippen LogP contribution in [0, 0.1) is 6.92 Å². The van der Waals surface area contributed by atoms with E-state index in [1.54, 1.807) is 7.11 Å². The van der Waals surface area contributed by atoms with Gasteiger partial charge in [-0.2, -0.15) is 0 Å². The number of benzene rings is 2. The first kappa shape index (κ1) is 16.6. The molecule has 0 spiro atoms. The van der Waals surface area contributed by atoms with Gasteiger partial charge in [0, 0.05) is 21.3 Å². The predicted octanol–water partition coefficient (Wildman–Crippen LogP) is 4.66. The zero-order valence-corrected chi connectivity index (χ0v) is 15.4. The van der Waals surface area contributed by atoms with E-state index in [1.165, 1.54) is 0 Å². The molecule has 0 saturated heterocycles. The molecule has 1 amide bonds. The second-order valence-corrected chi connectivity index (χ2v) is 6.30. The van der Waals surface area contributed by atoms with Crippen LogP contribution in [-0.2, 0) is 4.79 Å². The number of carbonyl (C=O) groups excluding carboxylic acids is 1. The molecule has 3 rings (SSSR count). The van der Waals surface area contributed by atoms with E-state index in [0.717, 1.165) is 26.9 Å². The van der Waals surface area contributed by atoms with Crippen molar-refractivity contribution in [2.45, 2.75) is 13.8 Å². The average Bonchev–Trinajstić information content (AvgIpc) is 2.89. The highest BCUT2D eigenvalue weighted by molar-refractivity contribution is 9.10. The molecule has 0 atom stereocenters. The minimum atomic E-state index is -0.0981. The zero-order valence-electron chi connectivity index (χ0n) is 13.8. The van der Waals surface area contributed by atoms with E-state index in [9.17, 15) is 4.79 Å². The molecule has 0 fully saturated rings. The van der Waals surface area contributed by atoms with Gasteiger partial charge in [0.05, 0.1) is 13.7 Å². The Bertz CT molecular complexity index is 843. The van der Waals surface area contributed by atoms with Crippen molar-refractivity contribution in [3.05, 3.63) is 51.5 Å². The minimum absolute atomic E-state index is 0.0981. The molecule has 0 unspecified atom stereocenters. The number of fused-ring (bicyclic) bond motifs is 1. The number of halogens is 1. The van der Waals surface area contributed by atoms with Gasteiger partial charge in [0.1, 0.15) is 0 Å². The minimum Gasteiger partial charge on any atom is -0.493 e. The van der Waals surface area contributed by atoms with Gasteiger partial charge in [-0.3, -0.25) is 4.79 Å². The highest BCUT2D eigenvalue weighted by atomic mass is 79.9. The van der Waals surface area contributed by atoms with Crippen LogP contribution in [0.15, 0.2) is 34.8 Å². The summed E-state index contributed by atoms with van der Waals surface area (Å²) < 4.78 is 11.9. The third kappa shape index (κ3) is 2.91. The van der Waals surface area contributed by atoms with E-state index in [0.29, 0.717) is 23.7 Å². The van der Waals surface area contributed by atoms with Gasteiger partial charge in [0.15, 0.2) is 11.5 Å². The van der Waals surface area contributed by atoms with Gasteiger partial charge in [-0.15, -0.1) is 0 Å². The molecule has 2 aromatic carbocycles. The van der Waals surface area contributed by atoms with E-state index in [2.05, 4.69) is 21.2 Å². The lowest BCUT2D eigenvalue weighted by molar-refractivity contribution is -0.110. The molecule has 124 valence electrons. The summed E-state index contributed by atoms with van der Waals surface area (Å²) in [6.07, 6.45) is 1.87. The van der Waals surface area contributed by atoms with Crippen molar-refractivity contribution in [2.24, 2.45) is 0 Å². The molecule has 0 aromatic heterocycles. The summed E-state index contributed by atoms with van der Waals surface area (Å²) in [5.74, 6) is 1.24. The molecule has 4 nitrogen and oxygen atoms in total. The second-order valence-electron chi connectivity index (χ2n) is 5.45. The molecule has 2 aromatic rings. The number of carbonyl (C=O) groups is 1. The Kier molecular flexibility index (Phi) is 4.62. The average molecular weight is 388 g/mol. The van der Waals surface area contributed by atoms with Crippen molar-refractivity contribution in [2.75, 3.05) is 19.0 Å². The summed E-state index contributed by atoms with van der Waals surface area (Å²) in [5.41, 5.74) is 4.34. The van der Waals surface area contributed by atoms with Gasteiger partial charge in [0.25, 0.3) is 5.91 Å². The van der Waals surface area contributed by atoms with Crippen molar-refractivity contribution in [3.8, 4) is 11.5 Å². The fraction of sp³-hybridized carbons (Fsp3) is 0.211. The molecule has 5 heteroatoms. The lowest BCUT2D eigenvalue weighted by Crippen LogP contribution is -2.03. The summed E-state index contributed by atoms with van der Waals surface area (Å²) in [6, 6.07) is 9.49. The Morgan fingerprint density at radius 3 is 2.71 bits per heavy atom. The van der Waals surface area contributed by atoms with Crippen molar-refractivity contribution >= 4 is 39.2 Å². The number of ether oxygens (including phenoxy) is 2. The maximum Gasteiger partial charge on any atom is 0.256 e. The smallest absolute Gasteiger partial charge is 0.256 e. The van der Waals surface area contributed by atoms with Gasteiger partial charge in [-0.1, -0.05) is 22.0 Å². The van der Waals surface area contributed by atoms with Crippen molar-refractivity contribution < 1.29 is 14.3 Å². The first-order valence-corrected chi connectivity index (χ1v) is 8.47. The van der Waals surface area contributed by atoms with Crippen molar-refractivity contribution in [1.82, 2.24) is 0 Å². The van der Waals surface area contributed by atoms with Crippen LogP contribution in [0.1, 0.15) is 23.6 Å². The Morgan fingerprint density at radius 1 is 1.21 bits per heavy atom. The fourth-order valence-corrected chi connectivity index (χ4v) is 3.12. The van der Waals surface area contributed by atoms with Crippen LogP contribution in [0.2, 0.25) is 0 Å². The number of methoxy groups -OCH3 is 1. The number of anilines is 1. The maximum atomic E-state index is 12.4. The van der Waals surface area contributed by atoms with Crippen LogP contribution in [0.25, 0.3) is 11.6 Å². The number of rotatable bonds is 4. The van der Waals surface area contributed by atoms with Crippen LogP contribution in [0.4, 0.5) is 5.69 Å². The summed E-state index contributed by atoms with van der Waals surface area (Å²) in [5, 5.41) is 2.91. The molecule has 1 aliphatic rings. The lowest BCUT2D eigenvalue weighted by Gasteiger charge is -2.10. The Labute approximate surface area is 149 Å². The molecular formula is C19H18BrNO3. The highest BCUT2D eigenvalue weighted by Crippen LogP contribution is 2.39. The molecular weight excluding hydrogens is 370 g/mol. The van der Waals surface area contributed by atoms with Gasteiger partial charge >= 0.3 is 0 Å². The second kappa shape index (κ2) is 6.69. The lowest BCUT2D eigenvalue weighted by atomic mass is 9.99. The van der Waals surface area contributed by atoms with Gasteiger partial charge in [-0.05, 0) is 55.3 Å². The maximum absolute atomic E-state index is 12.4. The van der Waals surface area contributed by atoms with Gasteiger partial charge < -0.3 is 14.8 Å². The van der Waals surface area contributed by atoms with E-state index in [1.807, 2.05) is 50.3 Å². The van der Waals surface area contributed by atoms with E-state index in [4.69, 9.17) is 9.47 Å². The summed E-state index contributed by atoms with van der Waals surface area (Å²) in [4.78, 5) is 12.4. The monoisotopic (exact) mass is 387 g/mol. The first-order valence-electron chi connectivity index (χ1n) is 7.68. The van der Waals surface area contributed by atoms with Crippen LogP contribution in [0.3, 0.4) is 0 Å². The molecule has 1 aliphatic heterocycles. The fourth-order valence-electron chi connectivity index (χ4n) is 2.79. The molecule has 1 heterocycles. The van der Waals surface area contributed by atoms with E-state index < -0.39 is 0 Å². The van der Waals surface area contributed by atoms with Crippen LogP contribution < -0.4 is 14.8 Å². The SMILES string of the molecule is CCOc1ccc(C=C2C(=O)Nc3ccc(Br)c(C)c32)cc1OC. The van der Waals surface area contributed by atoms with Crippen LogP contribution in [0.5, 0.6) is 11.5 Å². The quantitative estimate of drug-likeness (QED) is 0.776. The molecule has 24 heavy (non-hydrogen) atoms. The predicted molar refractivity (Wildman–Crippen MR) is 99.5 cm³/mol. The summed E-state index contributed by atoms with van der Waals surface area (Å²) in [7, 11) is 1.60. The number of hydrogen-bond donors (Lipinski definition) is 1. The highest BCUT2D eigenvalue weighted by Gasteiger charge is 2.26.